The predicted molar refractivity (Wildman–Crippen MR) is 183 cm³/mol. The smallest absolute Gasteiger partial charge is 0.410 e. The molecule has 2 saturated heterocycles. The number of halogens is 3. The van der Waals surface area contributed by atoms with Crippen molar-refractivity contribution >= 4 is 34.1 Å². The number of carbonyl (C=O) groups excluding carboxylic acids is 2. The SMILES string of the molecule is CC(C)(C)OC(=O)N1CCC[C@H]1Cn1c(-c2[nH]c3cc(F)ccc3c2C[C@@H]2C[C@H](F)CN2C(=O)OCc2ccccc2)nc2cc(F)ccc21. The highest BCUT2D eigenvalue weighted by molar-refractivity contribution is 5.92. The summed E-state index contributed by atoms with van der Waals surface area (Å²) in [5.41, 5.74) is 2.99. The third-order valence-corrected chi connectivity index (χ3v) is 9.44. The summed E-state index contributed by atoms with van der Waals surface area (Å²) in [6, 6.07) is 17.3. The van der Waals surface area contributed by atoms with Gasteiger partial charge in [0.05, 0.1) is 29.3 Å². The molecule has 0 saturated carbocycles. The van der Waals surface area contributed by atoms with E-state index in [0.717, 1.165) is 18.4 Å². The molecule has 0 radical (unpaired) electrons. The van der Waals surface area contributed by atoms with Crippen molar-refractivity contribution in [1.29, 1.82) is 0 Å². The van der Waals surface area contributed by atoms with Gasteiger partial charge in [0.1, 0.15) is 30.0 Å². The first-order chi connectivity index (χ1) is 23.9. The number of rotatable bonds is 7. The zero-order valence-corrected chi connectivity index (χ0v) is 28.3. The zero-order chi connectivity index (χ0) is 35.2. The number of amides is 2. The van der Waals surface area contributed by atoms with Crippen LogP contribution in [0, 0.1) is 11.6 Å². The summed E-state index contributed by atoms with van der Waals surface area (Å²) >= 11 is 0. The summed E-state index contributed by atoms with van der Waals surface area (Å²) in [5, 5.41) is 0.697. The lowest BCUT2D eigenvalue weighted by molar-refractivity contribution is 0.0215. The van der Waals surface area contributed by atoms with Crippen LogP contribution in [0.2, 0.25) is 0 Å². The van der Waals surface area contributed by atoms with E-state index in [9.17, 15) is 18.4 Å². The fourth-order valence-corrected chi connectivity index (χ4v) is 7.22. The van der Waals surface area contributed by atoms with Crippen LogP contribution in [0.5, 0.6) is 0 Å². The molecular weight excluding hydrogens is 647 g/mol. The predicted octanol–water partition coefficient (Wildman–Crippen LogP) is 8.15. The Morgan fingerprint density at radius 2 is 1.72 bits per heavy atom. The first kappa shape index (κ1) is 33.5. The number of likely N-dealkylation sites (tertiary alicyclic amines) is 2. The van der Waals surface area contributed by atoms with Gasteiger partial charge < -0.3 is 28.8 Å². The van der Waals surface area contributed by atoms with E-state index in [-0.39, 0.29) is 32.0 Å². The number of H-pyrrole nitrogens is 1. The van der Waals surface area contributed by atoms with E-state index in [1.54, 1.807) is 17.0 Å². The molecule has 5 aromatic rings. The van der Waals surface area contributed by atoms with Crippen LogP contribution in [0.3, 0.4) is 0 Å². The first-order valence-corrected chi connectivity index (χ1v) is 17.0. The van der Waals surface area contributed by atoms with Crippen molar-refractivity contribution in [1.82, 2.24) is 24.3 Å². The van der Waals surface area contributed by atoms with E-state index in [1.807, 2.05) is 55.7 Å². The molecule has 0 bridgehead atoms. The molecule has 1 N–H and O–H groups in total. The van der Waals surface area contributed by atoms with E-state index >= 15 is 4.39 Å². The van der Waals surface area contributed by atoms with Gasteiger partial charge in [-0.2, -0.15) is 0 Å². The summed E-state index contributed by atoms with van der Waals surface area (Å²) < 4.78 is 57.4. The number of nitrogens with zero attached hydrogens (tertiary/aromatic N) is 4. The van der Waals surface area contributed by atoms with Crippen molar-refractivity contribution < 1.29 is 32.2 Å². The lowest BCUT2D eigenvalue weighted by Crippen LogP contribution is -2.41. The monoisotopic (exact) mass is 687 g/mol. The average molecular weight is 688 g/mol. The van der Waals surface area contributed by atoms with Crippen molar-refractivity contribution in [3.63, 3.8) is 0 Å². The molecule has 12 heteroatoms. The maximum absolute atomic E-state index is 15.0. The van der Waals surface area contributed by atoms with Gasteiger partial charge in [0.15, 0.2) is 5.82 Å². The standard InChI is InChI=1S/C38H40F3N5O4/c1-38(2,3)50-37(48)44-15-7-10-27(44)21-46-33-14-12-25(40)18-32(33)43-35(46)34-30(29-13-11-24(39)17-31(29)42-34)19-28-16-26(41)20-45(28)36(47)49-22-23-8-5-4-6-9-23/h4-6,8-9,11-14,17-18,26-28,42H,7,10,15-16,19-22H2,1-3H3/t26-,27-,28-/m0/s1. The van der Waals surface area contributed by atoms with Gasteiger partial charge in [0.25, 0.3) is 0 Å². The summed E-state index contributed by atoms with van der Waals surface area (Å²) in [4.78, 5) is 37.9. The molecule has 3 atom stereocenters. The van der Waals surface area contributed by atoms with Crippen molar-refractivity contribution in [2.75, 3.05) is 13.1 Å². The number of ether oxygens (including phenoxy) is 2. The Morgan fingerprint density at radius 3 is 2.50 bits per heavy atom. The van der Waals surface area contributed by atoms with Gasteiger partial charge in [-0.1, -0.05) is 30.3 Å². The van der Waals surface area contributed by atoms with Gasteiger partial charge in [-0.3, -0.25) is 0 Å². The van der Waals surface area contributed by atoms with Gasteiger partial charge in [0, 0.05) is 42.5 Å². The molecule has 2 amide bonds. The minimum absolute atomic E-state index is 0.0551. The molecule has 2 fully saturated rings. The Morgan fingerprint density at radius 1 is 0.960 bits per heavy atom. The summed E-state index contributed by atoms with van der Waals surface area (Å²) in [6.07, 6.45) is -0.416. The van der Waals surface area contributed by atoms with E-state index in [0.29, 0.717) is 52.1 Å². The molecule has 2 aliphatic heterocycles. The number of hydrogen-bond acceptors (Lipinski definition) is 5. The Bertz CT molecular complexity index is 2040. The lowest BCUT2D eigenvalue weighted by atomic mass is 10.00. The number of alkyl halides is 1. The molecule has 9 nitrogen and oxygen atoms in total. The van der Waals surface area contributed by atoms with Crippen molar-refractivity contribution in [3.8, 4) is 11.5 Å². The quantitative estimate of drug-likeness (QED) is 0.187. The van der Waals surface area contributed by atoms with Gasteiger partial charge in [-0.15, -0.1) is 0 Å². The highest BCUT2D eigenvalue weighted by Gasteiger charge is 2.38. The number of benzene rings is 3. The minimum atomic E-state index is -1.25. The van der Waals surface area contributed by atoms with Crippen LogP contribution >= 0.6 is 0 Å². The van der Waals surface area contributed by atoms with Crippen LogP contribution in [0.15, 0.2) is 66.7 Å². The highest BCUT2D eigenvalue weighted by atomic mass is 19.1. The second kappa shape index (κ2) is 13.4. The van der Waals surface area contributed by atoms with Gasteiger partial charge in [-0.25, -0.2) is 27.7 Å². The third kappa shape index (κ3) is 6.88. The fourth-order valence-electron chi connectivity index (χ4n) is 7.22. The topological polar surface area (TPSA) is 92.7 Å². The van der Waals surface area contributed by atoms with Gasteiger partial charge in [-0.05, 0) is 81.5 Å². The lowest BCUT2D eigenvalue weighted by Gasteiger charge is -2.29. The van der Waals surface area contributed by atoms with Crippen molar-refractivity contribution in [2.45, 2.75) is 83.5 Å². The second-order valence-electron chi connectivity index (χ2n) is 14.2. The number of aromatic amines is 1. The Hall–Kier alpha value is -5.00. The van der Waals surface area contributed by atoms with Crippen LogP contribution in [0.1, 0.15) is 51.2 Å². The van der Waals surface area contributed by atoms with E-state index in [4.69, 9.17) is 14.5 Å². The van der Waals surface area contributed by atoms with Crippen LogP contribution in [0.25, 0.3) is 33.5 Å². The highest BCUT2D eigenvalue weighted by Crippen LogP contribution is 2.37. The maximum Gasteiger partial charge on any atom is 0.410 e. The summed E-state index contributed by atoms with van der Waals surface area (Å²) in [7, 11) is 0. The van der Waals surface area contributed by atoms with Gasteiger partial charge >= 0.3 is 12.2 Å². The Balaban J connectivity index is 1.27. The molecule has 262 valence electrons. The van der Waals surface area contributed by atoms with E-state index in [1.165, 1.54) is 29.2 Å². The van der Waals surface area contributed by atoms with Crippen LogP contribution in [0.4, 0.5) is 22.8 Å². The molecular formula is C38H40F3N5O4. The molecule has 2 aromatic heterocycles. The minimum Gasteiger partial charge on any atom is -0.445 e. The Labute approximate surface area is 288 Å². The molecule has 50 heavy (non-hydrogen) atoms. The molecule has 7 rings (SSSR count). The third-order valence-electron chi connectivity index (χ3n) is 9.44. The molecule has 0 aliphatic carbocycles. The van der Waals surface area contributed by atoms with E-state index in [2.05, 4.69) is 4.98 Å². The second-order valence-corrected chi connectivity index (χ2v) is 14.2. The molecule has 0 unspecified atom stereocenters. The molecule has 4 heterocycles. The number of nitrogens with one attached hydrogen (secondary N) is 1. The molecule has 2 aliphatic rings. The summed E-state index contributed by atoms with van der Waals surface area (Å²) in [6.45, 7) is 6.30. The van der Waals surface area contributed by atoms with Crippen LogP contribution in [-0.2, 0) is 29.0 Å². The van der Waals surface area contributed by atoms with Crippen molar-refractivity contribution in [2.24, 2.45) is 0 Å². The molecule has 0 spiro atoms. The van der Waals surface area contributed by atoms with E-state index < -0.39 is 41.6 Å². The van der Waals surface area contributed by atoms with Crippen LogP contribution < -0.4 is 0 Å². The number of carbonyl (C=O) groups is 2. The van der Waals surface area contributed by atoms with Crippen LogP contribution in [-0.4, -0.2) is 73.5 Å². The maximum atomic E-state index is 15.0. The molecule has 3 aromatic carbocycles. The zero-order valence-electron chi connectivity index (χ0n) is 28.3. The number of hydrogen-bond donors (Lipinski definition) is 1. The number of fused-ring (bicyclic) bond motifs is 2. The number of aromatic nitrogens is 3. The first-order valence-electron chi connectivity index (χ1n) is 17.0. The fraction of sp³-hybridized carbons (Fsp3) is 0.395. The Kier molecular flexibility index (Phi) is 8.96. The number of imidazole rings is 1. The van der Waals surface area contributed by atoms with Crippen molar-refractivity contribution in [3.05, 3.63) is 89.5 Å². The summed E-state index contributed by atoms with van der Waals surface area (Å²) in [5.74, 6) is -0.433. The largest absolute Gasteiger partial charge is 0.445 e. The normalized spacial score (nSPS) is 19.5. The average Bonchev–Trinajstić information content (AvgIpc) is 3.84. The van der Waals surface area contributed by atoms with Gasteiger partial charge in [0.2, 0.25) is 0 Å².